The Balaban J connectivity index is 2.15. The summed E-state index contributed by atoms with van der Waals surface area (Å²) in [4.78, 5) is 6.85. The third-order valence-electron chi connectivity index (χ3n) is 3.46. The van der Waals surface area contributed by atoms with Gasteiger partial charge in [0.2, 0.25) is 0 Å². The van der Waals surface area contributed by atoms with Gasteiger partial charge in [-0.3, -0.25) is 0 Å². The summed E-state index contributed by atoms with van der Waals surface area (Å²) in [6.45, 7) is 5.36. The van der Waals surface area contributed by atoms with Crippen LogP contribution in [0.5, 0.6) is 5.75 Å². The van der Waals surface area contributed by atoms with E-state index in [4.69, 9.17) is 9.84 Å². The number of aliphatic hydroxyl groups excluding tert-OH is 1. The molecule has 4 heteroatoms. The van der Waals surface area contributed by atoms with Crippen LogP contribution in [0.2, 0.25) is 0 Å². The van der Waals surface area contributed by atoms with Crippen LogP contribution in [0.25, 0.3) is 0 Å². The molecule has 0 aliphatic carbocycles. The molecule has 1 unspecified atom stereocenters. The van der Waals surface area contributed by atoms with E-state index < -0.39 is 0 Å². The molecule has 0 radical (unpaired) electrons. The van der Waals surface area contributed by atoms with Gasteiger partial charge >= 0.3 is 0 Å². The normalized spacial score (nSPS) is 19.2. The Hall–Kier alpha value is -1.29. The van der Waals surface area contributed by atoms with Crippen molar-refractivity contribution in [2.24, 2.45) is 0 Å². The molecule has 1 aromatic rings. The number of anilines is 1. The molecule has 0 aromatic carbocycles. The van der Waals surface area contributed by atoms with Crippen molar-refractivity contribution < 1.29 is 9.84 Å². The Bertz CT molecular complexity index is 395. The molecule has 0 amide bonds. The lowest BCUT2D eigenvalue weighted by Gasteiger charge is -2.27. The van der Waals surface area contributed by atoms with E-state index in [-0.39, 0.29) is 12.7 Å². The predicted octanol–water partition coefficient (Wildman–Crippen LogP) is 2.61. The van der Waals surface area contributed by atoms with E-state index >= 15 is 0 Å². The Kier molecular flexibility index (Phi) is 5.02. The number of nitrogens with zero attached hydrogens (tertiary/aromatic N) is 2. The number of aliphatic hydroxyl groups is 1. The van der Waals surface area contributed by atoms with Gasteiger partial charge < -0.3 is 14.7 Å². The van der Waals surface area contributed by atoms with Gasteiger partial charge in [0, 0.05) is 25.4 Å². The molecular formula is C15H24N2O2. The molecule has 0 spiro atoms. The third-order valence-corrected chi connectivity index (χ3v) is 3.46. The average Bonchev–Trinajstić information content (AvgIpc) is 2.84. The smallest absolute Gasteiger partial charge is 0.171 e. The molecule has 1 aromatic heterocycles. The maximum absolute atomic E-state index is 9.00. The van der Waals surface area contributed by atoms with Crippen molar-refractivity contribution in [3.63, 3.8) is 0 Å². The number of hydrogen-bond acceptors (Lipinski definition) is 4. The number of ether oxygens (including phenoxy) is 1. The van der Waals surface area contributed by atoms with Gasteiger partial charge in [0.05, 0.1) is 6.10 Å². The molecule has 2 heterocycles. The van der Waals surface area contributed by atoms with E-state index in [1.807, 2.05) is 32.2 Å². The molecule has 1 aliphatic rings. The summed E-state index contributed by atoms with van der Waals surface area (Å²) in [6.07, 6.45) is 6.22. The second kappa shape index (κ2) is 6.75. The second-order valence-corrected chi connectivity index (χ2v) is 5.35. The molecule has 1 atom stereocenters. The summed E-state index contributed by atoms with van der Waals surface area (Å²) in [5.74, 6) is 1.82. The summed E-state index contributed by atoms with van der Waals surface area (Å²) < 4.78 is 5.86. The molecule has 4 nitrogen and oxygen atoms in total. The van der Waals surface area contributed by atoms with Gasteiger partial charge in [-0.2, -0.15) is 0 Å². The maximum atomic E-state index is 9.00. The van der Waals surface area contributed by atoms with Gasteiger partial charge in [-0.1, -0.05) is 0 Å². The van der Waals surface area contributed by atoms with Crippen molar-refractivity contribution in [3.8, 4) is 5.75 Å². The van der Waals surface area contributed by atoms with Crippen LogP contribution < -0.4 is 9.64 Å². The topological polar surface area (TPSA) is 45.6 Å². The fraction of sp³-hybridized carbons (Fsp3) is 0.667. The first kappa shape index (κ1) is 14.1. The summed E-state index contributed by atoms with van der Waals surface area (Å²) in [7, 11) is 0. The summed E-state index contributed by atoms with van der Waals surface area (Å²) in [5, 5.41) is 9.00. The fourth-order valence-electron chi connectivity index (χ4n) is 2.69. The molecular weight excluding hydrogens is 240 g/mol. The average molecular weight is 264 g/mol. The zero-order chi connectivity index (χ0) is 13.7. The van der Waals surface area contributed by atoms with Crippen molar-refractivity contribution in [3.05, 3.63) is 18.3 Å². The molecule has 1 saturated heterocycles. The van der Waals surface area contributed by atoms with Crippen molar-refractivity contribution in [2.75, 3.05) is 18.1 Å². The first-order valence-electron chi connectivity index (χ1n) is 7.21. The molecule has 1 N–H and O–H groups in total. The lowest BCUT2D eigenvalue weighted by atomic mass is 10.1. The Morgan fingerprint density at radius 3 is 3.11 bits per heavy atom. The number of hydrogen-bond donors (Lipinski definition) is 1. The Labute approximate surface area is 115 Å². The molecule has 106 valence electrons. The minimum Gasteiger partial charge on any atom is -0.487 e. The molecule has 1 aliphatic heterocycles. The molecule has 0 bridgehead atoms. The minimum atomic E-state index is 0.154. The van der Waals surface area contributed by atoms with Crippen LogP contribution in [0, 0.1) is 0 Å². The number of rotatable bonds is 6. The zero-order valence-electron chi connectivity index (χ0n) is 11.9. The van der Waals surface area contributed by atoms with Crippen molar-refractivity contribution >= 4 is 5.82 Å². The maximum Gasteiger partial charge on any atom is 0.171 e. The SMILES string of the molecule is CC(C)Oc1cccnc1N1CCCC1CCCO. The highest BCUT2D eigenvalue weighted by molar-refractivity contribution is 5.53. The first-order valence-corrected chi connectivity index (χ1v) is 7.21. The summed E-state index contributed by atoms with van der Waals surface area (Å²) in [6, 6.07) is 4.39. The van der Waals surface area contributed by atoms with Crippen LogP contribution in [-0.2, 0) is 0 Å². The van der Waals surface area contributed by atoms with E-state index in [1.165, 1.54) is 12.8 Å². The van der Waals surface area contributed by atoms with Crippen LogP contribution in [0.4, 0.5) is 5.82 Å². The Morgan fingerprint density at radius 2 is 2.37 bits per heavy atom. The summed E-state index contributed by atoms with van der Waals surface area (Å²) >= 11 is 0. The van der Waals surface area contributed by atoms with Gasteiger partial charge in [0.1, 0.15) is 0 Å². The number of pyridine rings is 1. The van der Waals surface area contributed by atoms with Gasteiger partial charge in [-0.15, -0.1) is 0 Å². The fourth-order valence-corrected chi connectivity index (χ4v) is 2.69. The van der Waals surface area contributed by atoms with Crippen LogP contribution >= 0.6 is 0 Å². The molecule has 2 rings (SSSR count). The first-order chi connectivity index (χ1) is 9.22. The van der Waals surface area contributed by atoms with Gasteiger partial charge in [0.15, 0.2) is 11.6 Å². The molecule has 19 heavy (non-hydrogen) atoms. The van der Waals surface area contributed by atoms with Crippen molar-refractivity contribution in [2.45, 2.75) is 51.7 Å². The van der Waals surface area contributed by atoms with Crippen LogP contribution in [-0.4, -0.2) is 35.4 Å². The highest BCUT2D eigenvalue weighted by Gasteiger charge is 2.27. The van der Waals surface area contributed by atoms with Crippen molar-refractivity contribution in [1.29, 1.82) is 0 Å². The molecule has 1 fully saturated rings. The largest absolute Gasteiger partial charge is 0.487 e. The highest BCUT2D eigenvalue weighted by Crippen LogP contribution is 2.33. The predicted molar refractivity (Wildman–Crippen MR) is 76.7 cm³/mol. The van der Waals surface area contributed by atoms with E-state index in [1.54, 1.807) is 0 Å². The van der Waals surface area contributed by atoms with E-state index in [0.717, 1.165) is 31.0 Å². The quantitative estimate of drug-likeness (QED) is 0.858. The summed E-state index contributed by atoms with van der Waals surface area (Å²) in [5.41, 5.74) is 0. The lowest BCUT2D eigenvalue weighted by molar-refractivity contribution is 0.241. The second-order valence-electron chi connectivity index (χ2n) is 5.35. The number of aromatic nitrogens is 1. The minimum absolute atomic E-state index is 0.154. The van der Waals surface area contributed by atoms with Gasteiger partial charge in [-0.05, 0) is 51.7 Å². The van der Waals surface area contributed by atoms with Crippen LogP contribution in [0.1, 0.15) is 39.5 Å². The van der Waals surface area contributed by atoms with Crippen molar-refractivity contribution in [1.82, 2.24) is 4.98 Å². The highest BCUT2D eigenvalue weighted by atomic mass is 16.5. The third kappa shape index (κ3) is 3.60. The van der Waals surface area contributed by atoms with E-state index in [2.05, 4.69) is 9.88 Å². The zero-order valence-corrected chi connectivity index (χ0v) is 11.9. The molecule has 0 saturated carbocycles. The van der Waals surface area contributed by atoms with Gasteiger partial charge in [-0.25, -0.2) is 4.98 Å². The van der Waals surface area contributed by atoms with E-state index in [9.17, 15) is 0 Å². The standard InChI is InChI=1S/C15H24N2O2/c1-12(2)19-14-8-3-9-16-15(14)17-10-4-6-13(17)7-5-11-18/h3,8-9,12-13,18H,4-7,10-11H2,1-2H3. The Morgan fingerprint density at radius 1 is 1.53 bits per heavy atom. The monoisotopic (exact) mass is 264 g/mol. The lowest BCUT2D eigenvalue weighted by Crippen LogP contribution is -2.30. The van der Waals surface area contributed by atoms with Crippen LogP contribution in [0.15, 0.2) is 18.3 Å². The van der Waals surface area contributed by atoms with E-state index in [0.29, 0.717) is 6.04 Å². The van der Waals surface area contributed by atoms with Gasteiger partial charge in [0.25, 0.3) is 0 Å². The van der Waals surface area contributed by atoms with Crippen LogP contribution in [0.3, 0.4) is 0 Å².